The molecule has 1 aromatic heterocycles. The molecule has 1 aliphatic rings. The number of methoxy groups -OCH3 is 2. The number of H-pyrrole nitrogens is 2. The van der Waals surface area contributed by atoms with Crippen LogP contribution in [0.25, 0.3) is 0 Å². The van der Waals surface area contributed by atoms with Gasteiger partial charge in [0, 0.05) is 18.2 Å². The molecule has 2 aromatic carbocycles. The van der Waals surface area contributed by atoms with Crippen molar-refractivity contribution < 1.29 is 24.2 Å². The molecule has 4 rings (SSSR count). The smallest absolute Gasteiger partial charge is 0.328 e. The quantitative estimate of drug-likeness (QED) is 0.288. The number of aromatic nitrogens is 2. The zero-order valence-electron chi connectivity index (χ0n) is 20.7. The van der Waals surface area contributed by atoms with Gasteiger partial charge in [0.25, 0.3) is 5.56 Å². The van der Waals surface area contributed by atoms with Crippen molar-refractivity contribution in [3.8, 4) is 17.4 Å². The van der Waals surface area contributed by atoms with E-state index in [0.717, 1.165) is 17.3 Å². The van der Waals surface area contributed by atoms with Crippen LogP contribution in [0.5, 0.6) is 17.4 Å². The maximum absolute atomic E-state index is 12.7. The predicted molar refractivity (Wildman–Crippen MR) is 142 cm³/mol. The lowest BCUT2D eigenvalue weighted by Gasteiger charge is -2.15. The molecule has 5 N–H and O–H groups in total. The van der Waals surface area contributed by atoms with Gasteiger partial charge in [0.2, 0.25) is 17.7 Å². The summed E-state index contributed by atoms with van der Waals surface area (Å²) in [6.45, 7) is 1.89. The van der Waals surface area contributed by atoms with Crippen LogP contribution in [-0.4, -0.2) is 51.5 Å². The van der Waals surface area contributed by atoms with Crippen LogP contribution >= 0.6 is 11.8 Å². The molecule has 1 saturated heterocycles. The van der Waals surface area contributed by atoms with Gasteiger partial charge in [0.05, 0.1) is 14.2 Å². The number of carbonyl (C=O) groups is 2. The average Bonchev–Trinajstić information content (AvgIpc) is 3.21. The number of ether oxygens (including phenoxy) is 2. The number of thioether (sulfide) groups is 1. The van der Waals surface area contributed by atoms with Gasteiger partial charge >= 0.3 is 5.69 Å². The maximum Gasteiger partial charge on any atom is 0.328 e. The van der Waals surface area contributed by atoms with Crippen molar-refractivity contribution in [2.75, 3.05) is 19.5 Å². The van der Waals surface area contributed by atoms with Crippen LogP contribution in [0, 0.1) is 6.92 Å². The van der Waals surface area contributed by atoms with E-state index in [0.29, 0.717) is 22.7 Å². The SMILES string of the molecule is COc1ccc(NC(=O)C[C@@H]2SC(=N[C@H](c3ccc(C)cc3)c3c(O)[nH]c(=O)[nH]c3=O)NC2=O)cc1OC. The summed E-state index contributed by atoms with van der Waals surface area (Å²) in [7, 11) is 2.98. The van der Waals surface area contributed by atoms with Crippen molar-refractivity contribution in [3.63, 3.8) is 0 Å². The number of amides is 2. The van der Waals surface area contributed by atoms with Crippen LogP contribution in [-0.2, 0) is 9.59 Å². The number of nitrogens with one attached hydrogen (secondary N) is 4. The summed E-state index contributed by atoms with van der Waals surface area (Å²) in [6.07, 6.45) is -0.149. The first kappa shape index (κ1) is 26.5. The van der Waals surface area contributed by atoms with Crippen LogP contribution in [0.1, 0.15) is 29.2 Å². The van der Waals surface area contributed by atoms with E-state index in [2.05, 4.69) is 25.6 Å². The Hall–Kier alpha value is -4.52. The standard InChI is InChI=1S/C25H25N5O7S/c1-12-4-6-13(7-5-12)20(19-22(33)28-24(35)29-23(19)34)27-25-30-21(32)17(38-25)11-18(31)26-14-8-9-15(36-2)16(10-14)37-3/h4-10,17,20H,11H2,1-3H3,(H,26,31)(H,27,30,32)(H3,28,29,33,34,35)/t17-,20+/m0/s1. The lowest BCUT2D eigenvalue weighted by Crippen LogP contribution is -2.29. The Kier molecular flexibility index (Phi) is 7.86. The number of benzene rings is 2. The van der Waals surface area contributed by atoms with E-state index < -0.39 is 40.2 Å². The minimum atomic E-state index is -1.04. The molecule has 0 aliphatic carbocycles. The third kappa shape index (κ3) is 5.89. The number of hydrogen-bond donors (Lipinski definition) is 5. The lowest BCUT2D eigenvalue weighted by atomic mass is 10.00. The van der Waals surface area contributed by atoms with Crippen molar-refractivity contribution in [2.45, 2.75) is 24.6 Å². The number of aromatic amines is 2. The molecule has 3 aromatic rings. The third-order valence-corrected chi connectivity index (χ3v) is 6.78. The number of anilines is 1. The highest BCUT2D eigenvalue weighted by Crippen LogP contribution is 2.33. The zero-order chi connectivity index (χ0) is 27.4. The summed E-state index contributed by atoms with van der Waals surface area (Å²) < 4.78 is 10.4. The van der Waals surface area contributed by atoms with Gasteiger partial charge in [0.15, 0.2) is 16.7 Å². The van der Waals surface area contributed by atoms with Gasteiger partial charge in [0.1, 0.15) is 16.9 Å². The van der Waals surface area contributed by atoms with E-state index in [9.17, 15) is 24.3 Å². The molecule has 38 heavy (non-hydrogen) atoms. The fourth-order valence-electron chi connectivity index (χ4n) is 3.80. The first-order valence-corrected chi connectivity index (χ1v) is 12.3. The van der Waals surface area contributed by atoms with Crippen LogP contribution in [0.15, 0.2) is 57.0 Å². The first-order valence-electron chi connectivity index (χ1n) is 11.4. The Morgan fingerprint density at radius 3 is 2.45 bits per heavy atom. The second kappa shape index (κ2) is 11.3. The number of aryl methyl sites for hydroxylation is 1. The molecule has 1 aliphatic heterocycles. The van der Waals surface area contributed by atoms with Crippen molar-refractivity contribution >= 4 is 34.4 Å². The molecular weight excluding hydrogens is 514 g/mol. The van der Waals surface area contributed by atoms with E-state index in [1.54, 1.807) is 42.5 Å². The molecule has 1 fully saturated rings. The first-order chi connectivity index (χ1) is 18.2. The number of hydrogen-bond acceptors (Lipinski definition) is 9. The minimum Gasteiger partial charge on any atom is -0.494 e. The number of aromatic hydroxyl groups is 1. The summed E-state index contributed by atoms with van der Waals surface area (Å²) in [6, 6.07) is 10.9. The van der Waals surface area contributed by atoms with E-state index >= 15 is 0 Å². The fourth-order valence-corrected chi connectivity index (χ4v) is 4.80. The summed E-state index contributed by atoms with van der Waals surface area (Å²) in [5.74, 6) is -0.522. The number of amidine groups is 1. The van der Waals surface area contributed by atoms with E-state index in [-0.39, 0.29) is 17.2 Å². The van der Waals surface area contributed by atoms with Crippen molar-refractivity contribution in [1.29, 1.82) is 0 Å². The third-order valence-electron chi connectivity index (χ3n) is 5.69. The number of nitrogens with zero attached hydrogens (tertiary/aromatic N) is 1. The van der Waals surface area contributed by atoms with E-state index in [1.165, 1.54) is 14.2 Å². The average molecular weight is 540 g/mol. The van der Waals surface area contributed by atoms with Gasteiger partial charge in [-0.15, -0.1) is 0 Å². The Bertz CT molecular complexity index is 1510. The molecule has 198 valence electrons. The summed E-state index contributed by atoms with van der Waals surface area (Å²) in [5, 5.41) is 15.1. The molecule has 2 heterocycles. The molecule has 0 saturated carbocycles. The summed E-state index contributed by atoms with van der Waals surface area (Å²) >= 11 is 1.03. The van der Waals surface area contributed by atoms with Crippen LogP contribution < -0.4 is 31.4 Å². The number of carbonyl (C=O) groups excluding carboxylic acids is 2. The Morgan fingerprint density at radius 1 is 1.08 bits per heavy atom. The topological polar surface area (TPSA) is 175 Å². The van der Waals surface area contributed by atoms with E-state index in [4.69, 9.17) is 9.47 Å². The van der Waals surface area contributed by atoms with Gasteiger partial charge < -0.3 is 25.2 Å². The molecule has 12 nitrogen and oxygen atoms in total. The van der Waals surface area contributed by atoms with Gasteiger partial charge in [-0.3, -0.25) is 24.4 Å². The molecule has 2 atom stereocenters. The van der Waals surface area contributed by atoms with E-state index in [1.807, 2.05) is 6.92 Å². The van der Waals surface area contributed by atoms with Crippen LogP contribution in [0.2, 0.25) is 0 Å². The zero-order valence-corrected chi connectivity index (χ0v) is 21.5. The largest absolute Gasteiger partial charge is 0.494 e. The predicted octanol–water partition coefficient (Wildman–Crippen LogP) is 1.80. The lowest BCUT2D eigenvalue weighted by molar-refractivity contribution is -0.122. The van der Waals surface area contributed by atoms with Crippen molar-refractivity contribution in [2.24, 2.45) is 4.99 Å². The molecule has 0 bridgehead atoms. The second-order valence-corrected chi connectivity index (χ2v) is 9.53. The normalized spacial score (nSPS) is 16.7. The molecule has 2 amide bonds. The highest BCUT2D eigenvalue weighted by atomic mass is 32.2. The number of rotatable bonds is 8. The Labute approximate surface area is 220 Å². The molecule has 0 spiro atoms. The van der Waals surface area contributed by atoms with Gasteiger partial charge in [-0.1, -0.05) is 41.6 Å². The molecule has 0 unspecified atom stereocenters. The van der Waals surface area contributed by atoms with Crippen molar-refractivity contribution in [1.82, 2.24) is 15.3 Å². The molecule has 13 heteroatoms. The maximum atomic E-state index is 12.7. The number of aliphatic imine (C=N–C) groups is 1. The van der Waals surface area contributed by atoms with Gasteiger partial charge in [-0.2, -0.15) is 0 Å². The van der Waals surface area contributed by atoms with Gasteiger partial charge in [-0.05, 0) is 24.6 Å². The Morgan fingerprint density at radius 2 is 1.79 bits per heavy atom. The molecule has 0 radical (unpaired) electrons. The van der Waals surface area contributed by atoms with Crippen molar-refractivity contribution in [3.05, 3.63) is 80.0 Å². The van der Waals surface area contributed by atoms with Crippen LogP contribution in [0.4, 0.5) is 5.69 Å². The summed E-state index contributed by atoms with van der Waals surface area (Å²) in [5.41, 5.74) is 0.101. The molecular formula is C25H25N5O7S. The highest BCUT2D eigenvalue weighted by Gasteiger charge is 2.34. The minimum absolute atomic E-state index is 0.149. The van der Waals surface area contributed by atoms with Gasteiger partial charge in [-0.25, -0.2) is 9.79 Å². The highest BCUT2D eigenvalue weighted by molar-refractivity contribution is 8.15. The second-order valence-electron chi connectivity index (χ2n) is 8.34. The monoisotopic (exact) mass is 539 g/mol. The fraction of sp³-hybridized carbons (Fsp3) is 0.240. The Balaban J connectivity index is 1.55. The summed E-state index contributed by atoms with van der Waals surface area (Å²) in [4.78, 5) is 58.2. The van der Waals surface area contributed by atoms with Crippen LogP contribution in [0.3, 0.4) is 0 Å².